The van der Waals surface area contributed by atoms with Crippen LogP contribution in [0.2, 0.25) is 5.02 Å². The number of nitrogens with one attached hydrogen (secondary N) is 1. The fraction of sp³-hybridized carbons (Fsp3) is 0.233. The Kier molecular flexibility index (Phi) is 8.97. The van der Waals surface area contributed by atoms with Crippen molar-refractivity contribution in [3.05, 3.63) is 72.2 Å². The molecule has 2 aromatic heterocycles. The first-order valence-electron chi connectivity index (χ1n) is 13.5. The number of carbonyl (C=O) groups excluding carboxylic acids is 2. The van der Waals surface area contributed by atoms with Crippen LogP contribution in [0.3, 0.4) is 0 Å². The molecule has 0 bridgehead atoms. The normalized spacial score (nSPS) is 13.7. The number of benzene rings is 2. The van der Waals surface area contributed by atoms with Crippen molar-refractivity contribution < 1.29 is 27.5 Å². The highest BCUT2D eigenvalue weighted by molar-refractivity contribution is 7.92. The van der Waals surface area contributed by atoms with Gasteiger partial charge in [0.05, 0.1) is 24.8 Å². The third-order valence-electron chi connectivity index (χ3n) is 7.02. The van der Waals surface area contributed by atoms with Gasteiger partial charge in [0, 0.05) is 55.5 Å². The topological polar surface area (TPSA) is 144 Å². The fourth-order valence-corrected chi connectivity index (χ4v) is 6.33. The highest BCUT2D eigenvalue weighted by Crippen LogP contribution is 2.34. The first-order chi connectivity index (χ1) is 21.1. The Morgan fingerprint density at radius 3 is 2.41 bits per heavy atom. The number of ether oxygens (including phenoxy) is 2. The van der Waals surface area contributed by atoms with Gasteiger partial charge in [-0.1, -0.05) is 17.7 Å². The fourth-order valence-electron chi connectivity index (χ4n) is 4.77. The zero-order chi connectivity index (χ0) is 31.4. The number of rotatable bonds is 9. The van der Waals surface area contributed by atoms with Gasteiger partial charge in [-0.25, -0.2) is 23.4 Å². The molecule has 228 valence electrons. The molecule has 12 nitrogen and oxygen atoms in total. The molecule has 5 rings (SSSR count). The van der Waals surface area contributed by atoms with Crippen LogP contribution in [0.5, 0.6) is 11.6 Å². The Morgan fingerprint density at radius 2 is 1.70 bits per heavy atom. The largest absolute Gasteiger partial charge is 0.497 e. The van der Waals surface area contributed by atoms with E-state index in [1.54, 1.807) is 23.2 Å². The SMILES string of the molecule is COc1ccc(Cl)c(S(=O)(=O)Nc2cc(-c3ccc4ncnc(N5CCN(C(=O)/C=C/C(C)=O)CC5)c4c3)cnc2OC)c1. The van der Waals surface area contributed by atoms with Gasteiger partial charge in [-0.2, -0.15) is 0 Å². The number of sulfonamides is 1. The number of ketones is 1. The smallest absolute Gasteiger partial charge is 0.263 e. The molecule has 1 fully saturated rings. The second-order valence-electron chi connectivity index (χ2n) is 9.87. The van der Waals surface area contributed by atoms with Gasteiger partial charge in [0.15, 0.2) is 5.78 Å². The lowest BCUT2D eigenvalue weighted by Crippen LogP contribution is -2.48. The summed E-state index contributed by atoms with van der Waals surface area (Å²) in [6.45, 7) is 3.42. The zero-order valence-electron chi connectivity index (χ0n) is 24.2. The van der Waals surface area contributed by atoms with E-state index in [1.807, 2.05) is 18.2 Å². The van der Waals surface area contributed by atoms with Crippen molar-refractivity contribution in [3.8, 4) is 22.8 Å². The first kappa shape index (κ1) is 30.7. The maximum absolute atomic E-state index is 13.3. The molecular weight excluding hydrogens is 608 g/mol. The van der Waals surface area contributed by atoms with E-state index in [9.17, 15) is 18.0 Å². The number of carbonyl (C=O) groups is 2. The molecule has 0 saturated carbocycles. The summed E-state index contributed by atoms with van der Waals surface area (Å²) in [5.41, 5.74) is 2.20. The molecule has 3 heterocycles. The van der Waals surface area contributed by atoms with Crippen LogP contribution in [-0.2, 0) is 19.6 Å². The number of hydrogen-bond acceptors (Lipinski definition) is 10. The second kappa shape index (κ2) is 12.9. The predicted octanol–water partition coefficient (Wildman–Crippen LogP) is 3.96. The summed E-state index contributed by atoms with van der Waals surface area (Å²) < 4.78 is 39.7. The number of nitrogens with zero attached hydrogens (tertiary/aromatic N) is 5. The van der Waals surface area contributed by atoms with E-state index in [2.05, 4.69) is 24.6 Å². The summed E-state index contributed by atoms with van der Waals surface area (Å²) in [4.78, 5) is 40.5. The number of halogens is 1. The first-order valence-corrected chi connectivity index (χ1v) is 15.3. The Hall–Kier alpha value is -4.75. The van der Waals surface area contributed by atoms with Crippen LogP contribution in [0.25, 0.3) is 22.0 Å². The van der Waals surface area contributed by atoms with Gasteiger partial charge in [0.1, 0.15) is 28.5 Å². The Bertz CT molecular complexity index is 1880. The van der Waals surface area contributed by atoms with Gasteiger partial charge < -0.3 is 19.3 Å². The molecule has 1 N–H and O–H groups in total. The third kappa shape index (κ3) is 6.58. The molecular formula is C30H29ClN6O6S. The summed E-state index contributed by atoms with van der Waals surface area (Å²) in [6.07, 6.45) is 5.65. The van der Waals surface area contributed by atoms with Crippen LogP contribution in [0.1, 0.15) is 6.92 Å². The summed E-state index contributed by atoms with van der Waals surface area (Å²) in [6, 6.07) is 11.6. The molecule has 0 spiro atoms. The van der Waals surface area contributed by atoms with Crippen molar-refractivity contribution in [1.82, 2.24) is 19.9 Å². The molecule has 14 heteroatoms. The second-order valence-corrected chi connectivity index (χ2v) is 11.9. The Labute approximate surface area is 259 Å². The quantitative estimate of drug-likeness (QED) is 0.268. The average molecular weight is 637 g/mol. The molecule has 2 aromatic carbocycles. The van der Waals surface area contributed by atoms with E-state index >= 15 is 0 Å². The number of pyridine rings is 1. The Morgan fingerprint density at radius 1 is 0.932 bits per heavy atom. The van der Waals surface area contributed by atoms with Crippen molar-refractivity contribution in [2.75, 3.05) is 50.0 Å². The van der Waals surface area contributed by atoms with Crippen molar-refractivity contribution in [3.63, 3.8) is 0 Å². The van der Waals surface area contributed by atoms with Crippen LogP contribution < -0.4 is 19.1 Å². The molecule has 1 aliphatic rings. The zero-order valence-corrected chi connectivity index (χ0v) is 25.7. The maximum atomic E-state index is 13.3. The van der Waals surface area contributed by atoms with Gasteiger partial charge in [-0.05, 0) is 48.9 Å². The number of allylic oxidation sites excluding steroid dienone is 1. The van der Waals surface area contributed by atoms with Gasteiger partial charge in [0.2, 0.25) is 11.8 Å². The number of anilines is 2. The molecule has 44 heavy (non-hydrogen) atoms. The lowest BCUT2D eigenvalue weighted by atomic mass is 10.0. The average Bonchev–Trinajstić information content (AvgIpc) is 3.03. The van der Waals surface area contributed by atoms with Crippen molar-refractivity contribution in [2.45, 2.75) is 11.8 Å². The number of fused-ring (bicyclic) bond motifs is 1. The van der Waals surface area contributed by atoms with Crippen LogP contribution in [-0.4, -0.2) is 80.4 Å². The Balaban J connectivity index is 1.44. The highest BCUT2D eigenvalue weighted by atomic mass is 35.5. The minimum Gasteiger partial charge on any atom is -0.497 e. The van der Waals surface area contributed by atoms with Crippen molar-refractivity contribution in [2.24, 2.45) is 0 Å². The van der Waals surface area contributed by atoms with Crippen LogP contribution in [0, 0.1) is 0 Å². The number of piperazine rings is 1. The van der Waals surface area contributed by atoms with Crippen LogP contribution in [0.4, 0.5) is 11.5 Å². The summed E-state index contributed by atoms with van der Waals surface area (Å²) >= 11 is 6.22. The van der Waals surface area contributed by atoms with E-state index < -0.39 is 10.0 Å². The molecule has 0 radical (unpaired) electrons. The molecule has 1 aliphatic heterocycles. The molecule has 0 unspecified atom stereocenters. The number of hydrogen-bond donors (Lipinski definition) is 1. The maximum Gasteiger partial charge on any atom is 0.263 e. The summed E-state index contributed by atoms with van der Waals surface area (Å²) in [7, 11) is -1.32. The number of methoxy groups -OCH3 is 2. The van der Waals surface area contributed by atoms with Gasteiger partial charge in [0.25, 0.3) is 10.0 Å². The van der Waals surface area contributed by atoms with Crippen molar-refractivity contribution in [1.29, 1.82) is 0 Å². The molecule has 1 amide bonds. The molecule has 1 saturated heterocycles. The van der Waals surface area contributed by atoms with Crippen LogP contribution >= 0.6 is 11.6 Å². The van der Waals surface area contributed by atoms with Gasteiger partial charge in [-0.15, -0.1) is 0 Å². The van der Waals surface area contributed by atoms with E-state index in [0.717, 1.165) is 16.5 Å². The van der Waals surface area contributed by atoms with E-state index in [-0.39, 0.29) is 33.2 Å². The monoisotopic (exact) mass is 636 g/mol. The highest BCUT2D eigenvalue weighted by Gasteiger charge is 2.24. The predicted molar refractivity (Wildman–Crippen MR) is 167 cm³/mol. The van der Waals surface area contributed by atoms with Crippen LogP contribution in [0.15, 0.2) is 72.0 Å². The third-order valence-corrected chi connectivity index (χ3v) is 8.86. The minimum absolute atomic E-state index is 0.0289. The summed E-state index contributed by atoms with van der Waals surface area (Å²) in [5, 5.41) is 0.809. The number of amides is 1. The molecule has 0 aliphatic carbocycles. The van der Waals surface area contributed by atoms with E-state index in [0.29, 0.717) is 43.3 Å². The minimum atomic E-state index is -4.14. The van der Waals surface area contributed by atoms with Gasteiger partial charge in [-0.3, -0.25) is 14.3 Å². The molecule has 0 atom stereocenters. The lowest BCUT2D eigenvalue weighted by molar-refractivity contribution is -0.126. The van der Waals surface area contributed by atoms with Gasteiger partial charge >= 0.3 is 0 Å². The number of aromatic nitrogens is 3. The molecule has 4 aromatic rings. The lowest BCUT2D eigenvalue weighted by Gasteiger charge is -2.35. The van der Waals surface area contributed by atoms with E-state index in [4.69, 9.17) is 21.1 Å². The van der Waals surface area contributed by atoms with Crippen molar-refractivity contribution >= 4 is 55.7 Å². The van der Waals surface area contributed by atoms with E-state index in [1.165, 1.54) is 51.8 Å². The standard InChI is InChI=1S/C30H29ClN6O6S/c1-19(38)4-9-28(39)36-10-12-37(13-11-36)29-23-14-20(5-8-25(23)33-18-34-29)21-15-26(30(43-3)32-17-21)35-44(40,41)27-16-22(42-2)6-7-24(27)31/h4-9,14-18,35H,10-13H2,1-3H3/b9-4+. The summed E-state index contributed by atoms with van der Waals surface area (Å²) in [5.74, 6) is 0.727.